The molecule has 0 saturated carbocycles. The molecular weight excluding hydrogens is 558 g/mol. The SMILES string of the molecule is COc1ccc(S(=O)(=O)N(C(=O)c2cccc([N+](=O)[O-])c2)c2ccc(OC(=O)c3cccc([N+](=O)[O-])c3)cc2)cc1. The number of methoxy groups -OCH3 is 1. The molecule has 0 bridgehead atoms. The monoisotopic (exact) mass is 577 g/mol. The molecule has 0 saturated heterocycles. The van der Waals surface area contributed by atoms with Crippen LogP contribution in [0.5, 0.6) is 11.5 Å². The maximum absolute atomic E-state index is 13.7. The third kappa shape index (κ3) is 6.17. The summed E-state index contributed by atoms with van der Waals surface area (Å²) in [7, 11) is -3.17. The molecule has 0 N–H and O–H groups in total. The molecular formula is C27H19N3O10S. The fraction of sp³-hybridized carbons (Fsp3) is 0.0370. The normalized spacial score (nSPS) is 10.9. The second kappa shape index (κ2) is 11.6. The van der Waals surface area contributed by atoms with Crippen molar-refractivity contribution < 1.29 is 37.3 Å². The number of nitro benzene ring substituents is 2. The molecule has 41 heavy (non-hydrogen) atoms. The number of carbonyl (C=O) groups is 2. The van der Waals surface area contributed by atoms with E-state index in [0.29, 0.717) is 10.1 Å². The minimum absolute atomic E-state index is 0.0464. The molecule has 0 aromatic heterocycles. The average Bonchev–Trinajstić information content (AvgIpc) is 2.98. The lowest BCUT2D eigenvalue weighted by molar-refractivity contribution is -0.385. The van der Waals surface area contributed by atoms with Crippen molar-refractivity contribution in [2.75, 3.05) is 11.4 Å². The van der Waals surface area contributed by atoms with Crippen molar-refractivity contribution in [1.82, 2.24) is 0 Å². The highest BCUT2D eigenvalue weighted by Gasteiger charge is 2.33. The second-order valence-electron chi connectivity index (χ2n) is 8.25. The summed E-state index contributed by atoms with van der Waals surface area (Å²) in [5.74, 6) is -1.66. The lowest BCUT2D eigenvalue weighted by Gasteiger charge is -2.23. The molecule has 13 nitrogen and oxygen atoms in total. The molecule has 0 fully saturated rings. The van der Waals surface area contributed by atoms with Crippen LogP contribution in [0, 0.1) is 20.2 Å². The second-order valence-corrected chi connectivity index (χ2v) is 10.0. The van der Waals surface area contributed by atoms with Gasteiger partial charge in [-0.2, -0.15) is 4.31 Å². The summed E-state index contributed by atoms with van der Waals surface area (Å²) >= 11 is 0. The zero-order chi connectivity index (χ0) is 29.7. The Kier molecular flexibility index (Phi) is 8.05. The van der Waals surface area contributed by atoms with Crippen LogP contribution in [0.1, 0.15) is 20.7 Å². The van der Waals surface area contributed by atoms with Crippen molar-refractivity contribution >= 4 is 39.0 Å². The van der Waals surface area contributed by atoms with Crippen LogP contribution in [0.2, 0.25) is 0 Å². The lowest BCUT2D eigenvalue weighted by atomic mass is 10.2. The number of esters is 1. The van der Waals surface area contributed by atoms with Gasteiger partial charge in [-0.1, -0.05) is 12.1 Å². The Hall–Kier alpha value is -5.63. The first-order valence-corrected chi connectivity index (χ1v) is 13.0. The van der Waals surface area contributed by atoms with Crippen molar-refractivity contribution in [3.63, 3.8) is 0 Å². The van der Waals surface area contributed by atoms with Gasteiger partial charge < -0.3 is 9.47 Å². The van der Waals surface area contributed by atoms with Gasteiger partial charge in [0, 0.05) is 29.8 Å². The molecule has 4 aromatic carbocycles. The van der Waals surface area contributed by atoms with E-state index in [2.05, 4.69) is 0 Å². The van der Waals surface area contributed by atoms with Crippen molar-refractivity contribution in [2.45, 2.75) is 4.90 Å². The fourth-order valence-corrected chi connectivity index (χ4v) is 5.06. The summed E-state index contributed by atoms with van der Waals surface area (Å²) in [6, 6.07) is 19.6. The van der Waals surface area contributed by atoms with Crippen molar-refractivity contribution in [3.8, 4) is 11.5 Å². The smallest absolute Gasteiger partial charge is 0.343 e. The molecule has 4 aromatic rings. The Bertz CT molecular complexity index is 1760. The van der Waals surface area contributed by atoms with Crippen LogP contribution in [-0.4, -0.2) is 37.3 Å². The van der Waals surface area contributed by atoms with Crippen LogP contribution in [0.15, 0.2) is 102 Å². The number of amides is 1. The van der Waals surface area contributed by atoms with Crippen LogP contribution in [-0.2, 0) is 10.0 Å². The highest BCUT2D eigenvalue weighted by molar-refractivity contribution is 7.93. The molecule has 0 unspecified atom stereocenters. The minimum Gasteiger partial charge on any atom is -0.497 e. The average molecular weight is 578 g/mol. The molecule has 0 radical (unpaired) electrons. The van der Waals surface area contributed by atoms with Gasteiger partial charge in [0.15, 0.2) is 0 Å². The summed E-state index contributed by atoms with van der Waals surface area (Å²) in [6.07, 6.45) is 0. The molecule has 14 heteroatoms. The van der Waals surface area contributed by atoms with Crippen LogP contribution in [0.3, 0.4) is 0 Å². The third-order valence-electron chi connectivity index (χ3n) is 5.66. The topological polar surface area (TPSA) is 176 Å². The zero-order valence-corrected chi connectivity index (χ0v) is 21.9. The standard InChI is InChI=1S/C27H19N3O10S/c1-39-23-12-14-25(15-13-23)41(37,38)28(26(31)18-4-2-6-21(16-18)29(33)34)20-8-10-24(11-9-20)40-27(32)19-5-3-7-22(17-19)30(35)36/h2-17H,1H3. The van der Waals surface area contributed by atoms with Crippen molar-refractivity contribution in [3.05, 3.63) is 128 Å². The van der Waals surface area contributed by atoms with E-state index in [1.165, 1.54) is 86.0 Å². The van der Waals surface area contributed by atoms with Gasteiger partial charge in [-0.3, -0.25) is 25.0 Å². The zero-order valence-electron chi connectivity index (χ0n) is 21.1. The first-order chi connectivity index (χ1) is 19.5. The molecule has 0 spiro atoms. The van der Waals surface area contributed by atoms with Crippen molar-refractivity contribution in [1.29, 1.82) is 0 Å². The Morgan fingerprint density at radius 3 is 1.78 bits per heavy atom. The van der Waals surface area contributed by atoms with E-state index in [-0.39, 0.29) is 33.1 Å². The molecule has 4 rings (SSSR count). The number of anilines is 1. The van der Waals surface area contributed by atoms with Gasteiger partial charge >= 0.3 is 5.97 Å². The largest absolute Gasteiger partial charge is 0.497 e. The predicted molar refractivity (Wildman–Crippen MR) is 145 cm³/mol. The number of nitro groups is 2. The maximum Gasteiger partial charge on any atom is 0.343 e. The van der Waals surface area contributed by atoms with E-state index >= 15 is 0 Å². The van der Waals surface area contributed by atoms with Crippen LogP contribution in [0.25, 0.3) is 0 Å². The van der Waals surface area contributed by atoms with Crippen LogP contribution >= 0.6 is 0 Å². The highest BCUT2D eigenvalue weighted by Crippen LogP contribution is 2.30. The number of carbonyl (C=O) groups excluding carboxylic acids is 2. The number of hydrogen-bond donors (Lipinski definition) is 0. The summed E-state index contributed by atoms with van der Waals surface area (Å²) in [4.78, 5) is 46.7. The fourth-order valence-electron chi connectivity index (χ4n) is 3.65. The molecule has 0 heterocycles. The molecule has 0 atom stereocenters. The highest BCUT2D eigenvalue weighted by atomic mass is 32.2. The molecule has 0 aliphatic heterocycles. The van der Waals surface area contributed by atoms with Gasteiger partial charge in [-0.25, -0.2) is 13.2 Å². The first kappa shape index (κ1) is 28.4. The van der Waals surface area contributed by atoms with E-state index in [1.807, 2.05) is 0 Å². The van der Waals surface area contributed by atoms with E-state index in [9.17, 15) is 38.2 Å². The molecule has 0 aliphatic carbocycles. The van der Waals surface area contributed by atoms with E-state index in [1.54, 1.807) is 0 Å². The van der Waals surface area contributed by atoms with E-state index < -0.39 is 37.4 Å². The Morgan fingerprint density at radius 1 is 0.732 bits per heavy atom. The van der Waals surface area contributed by atoms with Gasteiger partial charge in [0.05, 0.1) is 33.1 Å². The quantitative estimate of drug-likeness (QED) is 0.117. The molecule has 0 aliphatic rings. The number of benzene rings is 4. The summed E-state index contributed by atoms with van der Waals surface area (Å²) in [6.45, 7) is 0. The number of ether oxygens (including phenoxy) is 2. The number of non-ortho nitro benzene ring substituents is 2. The van der Waals surface area contributed by atoms with Crippen LogP contribution < -0.4 is 13.8 Å². The number of nitrogens with zero attached hydrogens (tertiary/aromatic N) is 3. The third-order valence-corrected chi connectivity index (χ3v) is 7.39. The summed E-state index contributed by atoms with van der Waals surface area (Å²) in [5.41, 5.74) is -1.24. The molecule has 208 valence electrons. The van der Waals surface area contributed by atoms with Gasteiger partial charge in [-0.05, 0) is 60.7 Å². The van der Waals surface area contributed by atoms with Gasteiger partial charge in [0.1, 0.15) is 11.5 Å². The lowest BCUT2D eigenvalue weighted by Crippen LogP contribution is -2.37. The molecule has 1 amide bonds. The van der Waals surface area contributed by atoms with E-state index in [0.717, 1.165) is 18.2 Å². The maximum atomic E-state index is 13.7. The number of sulfonamides is 1. The summed E-state index contributed by atoms with van der Waals surface area (Å²) in [5, 5.41) is 22.2. The minimum atomic E-state index is -4.56. The van der Waals surface area contributed by atoms with Crippen LogP contribution in [0.4, 0.5) is 17.1 Å². The van der Waals surface area contributed by atoms with E-state index in [4.69, 9.17) is 9.47 Å². The predicted octanol–water partition coefficient (Wildman–Crippen LogP) is 4.77. The Balaban J connectivity index is 1.71. The van der Waals surface area contributed by atoms with Crippen molar-refractivity contribution in [2.24, 2.45) is 0 Å². The Morgan fingerprint density at radius 2 is 1.24 bits per heavy atom. The summed E-state index contributed by atoms with van der Waals surface area (Å²) < 4.78 is 38.2. The Labute approximate surface area is 232 Å². The number of hydrogen-bond acceptors (Lipinski definition) is 10. The first-order valence-electron chi connectivity index (χ1n) is 11.6. The van der Waals surface area contributed by atoms with Gasteiger partial charge in [-0.15, -0.1) is 0 Å². The number of rotatable bonds is 9. The van der Waals surface area contributed by atoms with Gasteiger partial charge in [0.2, 0.25) is 0 Å². The van der Waals surface area contributed by atoms with Gasteiger partial charge in [0.25, 0.3) is 27.3 Å².